The zero-order valence-corrected chi connectivity index (χ0v) is 15.8. The van der Waals surface area contributed by atoms with E-state index in [1.165, 1.54) is 11.3 Å². The van der Waals surface area contributed by atoms with Crippen molar-refractivity contribution in [2.75, 3.05) is 12.4 Å². The number of hydrogen-bond acceptors (Lipinski definition) is 8. The fourth-order valence-electron chi connectivity index (χ4n) is 2.00. The number of benzene rings is 1. The van der Waals surface area contributed by atoms with E-state index >= 15 is 0 Å². The second kappa shape index (κ2) is 9.01. The summed E-state index contributed by atoms with van der Waals surface area (Å²) in [6.07, 6.45) is 1.60. The zero-order chi connectivity index (χ0) is 19.1. The number of hydrogen-bond donors (Lipinski definition) is 2. The number of carbonyl (C=O) groups is 2. The standard InChI is InChI=1S/C17H15N5O3S2/c1-25-12-6-4-11(5-7-12)16(24)19-17-22-21-15(27-17)9-14(23)20-18-10-13-3-2-8-26-13/h2-8,10H,9H2,1H3,(H,20,23)(H,19,22,24). The number of thiophene rings is 1. The number of methoxy groups -OCH3 is 1. The normalized spacial score (nSPS) is 10.7. The highest BCUT2D eigenvalue weighted by Crippen LogP contribution is 2.18. The van der Waals surface area contributed by atoms with Gasteiger partial charge < -0.3 is 4.74 Å². The van der Waals surface area contributed by atoms with Gasteiger partial charge in [-0.05, 0) is 35.7 Å². The van der Waals surface area contributed by atoms with Crippen LogP contribution in [0.15, 0.2) is 46.9 Å². The molecule has 0 saturated carbocycles. The fraction of sp³-hybridized carbons (Fsp3) is 0.118. The van der Waals surface area contributed by atoms with Crippen LogP contribution in [0.25, 0.3) is 0 Å². The molecule has 3 aromatic rings. The summed E-state index contributed by atoms with van der Waals surface area (Å²) in [5, 5.41) is 17.1. The average Bonchev–Trinajstić information content (AvgIpc) is 3.34. The molecule has 0 aliphatic heterocycles. The largest absolute Gasteiger partial charge is 0.497 e. The Bertz CT molecular complexity index is 936. The Labute approximate surface area is 162 Å². The number of nitrogens with zero attached hydrogens (tertiary/aromatic N) is 3. The number of nitrogens with one attached hydrogen (secondary N) is 2. The maximum atomic E-state index is 12.2. The molecule has 8 nitrogen and oxygen atoms in total. The van der Waals surface area contributed by atoms with Crippen molar-refractivity contribution in [3.8, 4) is 5.75 Å². The SMILES string of the molecule is COc1ccc(C(=O)Nc2nnc(CC(=O)NN=Cc3cccs3)s2)cc1. The Morgan fingerprint density at radius 3 is 2.74 bits per heavy atom. The lowest BCUT2D eigenvalue weighted by atomic mass is 10.2. The number of carbonyl (C=O) groups excluding carboxylic acids is 2. The van der Waals surface area contributed by atoms with E-state index in [1.54, 1.807) is 37.6 Å². The molecule has 138 valence electrons. The molecule has 0 fully saturated rings. The number of ether oxygens (including phenoxy) is 1. The van der Waals surface area contributed by atoms with Gasteiger partial charge in [-0.25, -0.2) is 5.43 Å². The Hall–Kier alpha value is -3.11. The van der Waals surface area contributed by atoms with E-state index in [0.29, 0.717) is 21.5 Å². The highest BCUT2D eigenvalue weighted by Gasteiger charge is 2.12. The Morgan fingerprint density at radius 2 is 2.04 bits per heavy atom. The molecule has 0 saturated heterocycles. The van der Waals surface area contributed by atoms with E-state index in [9.17, 15) is 9.59 Å². The van der Waals surface area contributed by atoms with Crippen LogP contribution in [0.3, 0.4) is 0 Å². The summed E-state index contributed by atoms with van der Waals surface area (Å²) >= 11 is 2.65. The third-order valence-corrected chi connectivity index (χ3v) is 4.92. The lowest BCUT2D eigenvalue weighted by molar-refractivity contribution is -0.120. The molecule has 0 aliphatic rings. The molecule has 1 aromatic carbocycles. The van der Waals surface area contributed by atoms with Crippen LogP contribution in [0.1, 0.15) is 20.2 Å². The fourth-order valence-corrected chi connectivity index (χ4v) is 3.32. The van der Waals surface area contributed by atoms with Gasteiger partial charge >= 0.3 is 0 Å². The van der Waals surface area contributed by atoms with Crippen molar-refractivity contribution >= 4 is 45.8 Å². The van der Waals surface area contributed by atoms with Crippen LogP contribution in [0.2, 0.25) is 0 Å². The van der Waals surface area contributed by atoms with Crippen LogP contribution in [0, 0.1) is 0 Å². The quantitative estimate of drug-likeness (QED) is 0.468. The summed E-state index contributed by atoms with van der Waals surface area (Å²) < 4.78 is 5.06. The molecule has 3 rings (SSSR count). The minimum atomic E-state index is -0.314. The lowest BCUT2D eigenvalue weighted by Gasteiger charge is -2.02. The molecular weight excluding hydrogens is 386 g/mol. The van der Waals surface area contributed by atoms with Gasteiger partial charge in [0.15, 0.2) is 0 Å². The van der Waals surface area contributed by atoms with Crippen molar-refractivity contribution in [1.82, 2.24) is 15.6 Å². The average molecular weight is 401 g/mol. The van der Waals surface area contributed by atoms with Gasteiger partial charge in [0.2, 0.25) is 11.0 Å². The van der Waals surface area contributed by atoms with Crippen LogP contribution in [0.5, 0.6) is 5.75 Å². The summed E-state index contributed by atoms with van der Waals surface area (Å²) in [6.45, 7) is 0. The van der Waals surface area contributed by atoms with Crippen LogP contribution in [-0.4, -0.2) is 35.3 Å². The summed E-state index contributed by atoms with van der Waals surface area (Å²) in [5.41, 5.74) is 2.90. The predicted molar refractivity (Wildman–Crippen MR) is 105 cm³/mol. The summed E-state index contributed by atoms with van der Waals surface area (Å²) in [4.78, 5) is 25.0. The Kier molecular flexibility index (Phi) is 6.23. The monoisotopic (exact) mass is 401 g/mol. The predicted octanol–water partition coefficient (Wildman–Crippen LogP) is 2.55. The Balaban J connectivity index is 1.51. The second-order valence-electron chi connectivity index (χ2n) is 5.17. The molecular formula is C17H15N5O3S2. The molecule has 0 spiro atoms. The van der Waals surface area contributed by atoms with Crippen LogP contribution < -0.4 is 15.5 Å². The minimum absolute atomic E-state index is 0.0256. The summed E-state index contributed by atoms with van der Waals surface area (Å²) in [7, 11) is 1.56. The van der Waals surface area contributed by atoms with Crippen LogP contribution in [0.4, 0.5) is 5.13 Å². The smallest absolute Gasteiger partial charge is 0.257 e. The van der Waals surface area contributed by atoms with E-state index in [-0.39, 0.29) is 18.2 Å². The zero-order valence-electron chi connectivity index (χ0n) is 14.2. The van der Waals surface area contributed by atoms with Gasteiger partial charge in [0.25, 0.3) is 5.91 Å². The van der Waals surface area contributed by atoms with Gasteiger partial charge in [-0.3, -0.25) is 14.9 Å². The molecule has 2 amide bonds. The second-order valence-corrected chi connectivity index (χ2v) is 7.21. The number of rotatable bonds is 7. The molecule has 0 aliphatic carbocycles. The van der Waals surface area contributed by atoms with Gasteiger partial charge in [-0.15, -0.1) is 21.5 Å². The first-order valence-corrected chi connectivity index (χ1v) is 9.47. The van der Waals surface area contributed by atoms with Gasteiger partial charge in [-0.1, -0.05) is 17.4 Å². The van der Waals surface area contributed by atoms with Crippen molar-refractivity contribution < 1.29 is 14.3 Å². The van der Waals surface area contributed by atoms with E-state index < -0.39 is 0 Å². The number of hydrazone groups is 1. The highest BCUT2D eigenvalue weighted by atomic mass is 32.1. The molecule has 0 unspecified atom stereocenters. The topological polar surface area (TPSA) is 106 Å². The van der Waals surface area contributed by atoms with Crippen molar-refractivity contribution in [2.24, 2.45) is 5.10 Å². The molecule has 2 N–H and O–H groups in total. The highest BCUT2D eigenvalue weighted by molar-refractivity contribution is 7.15. The molecule has 10 heteroatoms. The third kappa shape index (κ3) is 5.43. The first-order chi connectivity index (χ1) is 13.1. The van der Waals surface area contributed by atoms with Gasteiger partial charge in [0.05, 0.1) is 19.7 Å². The van der Waals surface area contributed by atoms with E-state index in [1.807, 2.05) is 17.5 Å². The molecule has 0 atom stereocenters. The van der Waals surface area contributed by atoms with Crippen molar-refractivity contribution in [2.45, 2.75) is 6.42 Å². The number of amides is 2. The van der Waals surface area contributed by atoms with Crippen LogP contribution in [-0.2, 0) is 11.2 Å². The van der Waals surface area contributed by atoms with Crippen molar-refractivity contribution in [3.05, 3.63) is 57.2 Å². The van der Waals surface area contributed by atoms with Crippen molar-refractivity contribution in [1.29, 1.82) is 0 Å². The van der Waals surface area contributed by atoms with Gasteiger partial charge in [-0.2, -0.15) is 5.10 Å². The molecule has 27 heavy (non-hydrogen) atoms. The number of anilines is 1. The maximum Gasteiger partial charge on any atom is 0.257 e. The van der Waals surface area contributed by atoms with Crippen LogP contribution >= 0.6 is 22.7 Å². The lowest BCUT2D eigenvalue weighted by Crippen LogP contribution is -2.19. The van der Waals surface area contributed by atoms with E-state index in [2.05, 4.69) is 26.0 Å². The maximum absolute atomic E-state index is 12.2. The first-order valence-electron chi connectivity index (χ1n) is 7.77. The third-order valence-electron chi connectivity index (χ3n) is 3.28. The molecule has 0 radical (unpaired) electrons. The number of aromatic nitrogens is 2. The van der Waals surface area contributed by atoms with E-state index in [0.717, 1.165) is 16.2 Å². The van der Waals surface area contributed by atoms with E-state index in [4.69, 9.17) is 4.74 Å². The molecule has 0 bridgehead atoms. The first kappa shape index (κ1) is 18.7. The van der Waals surface area contributed by atoms with Gasteiger partial charge in [0, 0.05) is 10.4 Å². The summed E-state index contributed by atoms with van der Waals surface area (Å²) in [6, 6.07) is 10.5. The molecule has 2 aromatic heterocycles. The van der Waals surface area contributed by atoms with Crippen molar-refractivity contribution in [3.63, 3.8) is 0 Å². The molecule has 2 heterocycles. The summed E-state index contributed by atoms with van der Waals surface area (Å²) in [5.74, 6) is 0.0369. The Morgan fingerprint density at radius 1 is 1.22 bits per heavy atom. The minimum Gasteiger partial charge on any atom is -0.497 e. The van der Waals surface area contributed by atoms with Gasteiger partial charge in [0.1, 0.15) is 10.8 Å².